The van der Waals surface area contributed by atoms with E-state index in [0.717, 1.165) is 18.4 Å². The normalized spacial score (nSPS) is 29.0. The topological polar surface area (TPSA) is 29.3 Å². The molecule has 0 aromatic heterocycles. The minimum absolute atomic E-state index is 0.874. The molecule has 0 amide bonds. The lowest BCUT2D eigenvalue weighted by molar-refractivity contribution is 0.233. The van der Waals surface area contributed by atoms with Crippen LogP contribution in [0.15, 0.2) is 0 Å². The Morgan fingerprint density at radius 2 is 1.93 bits per heavy atom. The fraction of sp³-hybridized carbons (Fsp3) is 1.00. The first-order valence-corrected chi connectivity index (χ1v) is 6.81. The van der Waals surface area contributed by atoms with Crippen LogP contribution in [0.4, 0.5) is 0 Å². The summed E-state index contributed by atoms with van der Waals surface area (Å²) in [4.78, 5) is 2.73. The minimum Gasteiger partial charge on any atom is -0.330 e. The van der Waals surface area contributed by atoms with Gasteiger partial charge in [-0.15, -0.1) is 0 Å². The van der Waals surface area contributed by atoms with Gasteiger partial charge in [0.05, 0.1) is 0 Å². The van der Waals surface area contributed by atoms with Gasteiger partial charge in [-0.1, -0.05) is 6.42 Å². The van der Waals surface area contributed by atoms with Gasteiger partial charge in [0.1, 0.15) is 0 Å². The fourth-order valence-electron chi connectivity index (χ4n) is 2.79. The molecule has 2 fully saturated rings. The van der Waals surface area contributed by atoms with Crippen LogP contribution in [0.5, 0.6) is 0 Å². The highest BCUT2D eigenvalue weighted by atomic mass is 15.1. The first kappa shape index (κ1) is 11.4. The van der Waals surface area contributed by atoms with E-state index in [0.29, 0.717) is 0 Å². The van der Waals surface area contributed by atoms with Gasteiger partial charge in [-0.25, -0.2) is 0 Å². The second-order valence-corrected chi connectivity index (χ2v) is 5.50. The number of likely N-dealkylation sites (tertiary alicyclic amines) is 1. The second kappa shape index (κ2) is 5.86. The summed E-state index contributed by atoms with van der Waals surface area (Å²) in [5.41, 5.74) is 5.60. The van der Waals surface area contributed by atoms with E-state index in [1.165, 1.54) is 64.6 Å². The molecule has 2 aliphatic rings. The molecule has 15 heavy (non-hydrogen) atoms. The molecule has 1 unspecified atom stereocenters. The first-order chi connectivity index (χ1) is 7.38. The molecule has 1 atom stereocenters. The molecule has 0 spiro atoms. The Morgan fingerprint density at radius 1 is 1.07 bits per heavy atom. The number of hydrogen-bond acceptors (Lipinski definition) is 2. The molecule has 2 nitrogen and oxygen atoms in total. The largest absolute Gasteiger partial charge is 0.330 e. The summed E-state index contributed by atoms with van der Waals surface area (Å²) >= 11 is 0. The van der Waals surface area contributed by atoms with Crippen molar-refractivity contribution in [2.24, 2.45) is 17.6 Å². The molecule has 2 heteroatoms. The van der Waals surface area contributed by atoms with Crippen molar-refractivity contribution in [2.75, 3.05) is 26.2 Å². The average molecular weight is 210 g/mol. The van der Waals surface area contributed by atoms with Crippen LogP contribution in [0.3, 0.4) is 0 Å². The number of nitrogens with two attached hydrogens (primary N) is 1. The highest BCUT2D eigenvalue weighted by Gasteiger charge is 2.26. The van der Waals surface area contributed by atoms with E-state index < -0.39 is 0 Å². The summed E-state index contributed by atoms with van der Waals surface area (Å²) in [7, 11) is 0. The predicted octanol–water partition coefficient (Wildman–Crippen LogP) is 2.24. The Kier molecular flexibility index (Phi) is 4.45. The van der Waals surface area contributed by atoms with Crippen LogP contribution in [0.25, 0.3) is 0 Å². The standard InChI is InChI=1S/C13H26N2/c14-8-3-5-12-4-1-2-9-15(10-12)11-13-6-7-13/h12-13H,1-11,14H2. The molecule has 1 aliphatic carbocycles. The third kappa shape index (κ3) is 4.12. The van der Waals surface area contributed by atoms with Crippen LogP contribution in [-0.2, 0) is 0 Å². The van der Waals surface area contributed by atoms with Crippen molar-refractivity contribution in [1.82, 2.24) is 4.90 Å². The molecule has 2 rings (SSSR count). The van der Waals surface area contributed by atoms with E-state index >= 15 is 0 Å². The van der Waals surface area contributed by atoms with E-state index in [1.54, 1.807) is 0 Å². The van der Waals surface area contributed by atoms with Crippen LogP contribution >= 0.6 is 0 Å². The minimum atomic E-state index is 0.874. The van der Waals surface area contributed by atoms with E-state index in [1.807, 2.05) is 0 Å². The van der Waals surface area contributed by atoms with Crippen LogP contribution in [-0.4, -0.2) is 31.1 Å². The molecule has 0 bridgehead atoms. The van der Waals surface area contributed by atoms with Crippen LogP contribution in [0.1, 0.15) is 44.9 Å². The van der Waals surface area contributed by atoms with Crippen molar-refractivity contribution < 1.29 is 0 Å². The maximum atomic E-state index is 5.60. The van der Waals surface area contributed by atoms with Gasteiger partial charge in [0.2, 0.25) is 0 Å². The maximum Gasteiger partial charge on any atom is 0.000978 e. The summed E-state index contributed by atoms with van der Waals surface area (Å²) in [5.74, 6) is 1.99. The Balaban J connectivity index is 1.73. The zero-order valence-corrected chi connectivity index (χ0v) is 9.96. The maximum absolute atomic E-state index is 5.60. The number of hydrogen-bond donors (Lipinski definition) is 1. The molecule has 88 valence electrons. The Bertz CT molecular complexity index is 177. The van der Waals surface area contributed by atoms with Gasteiger partial charge >= 0.3 is 0 Å². The second-order valence-electron chi connectivity index (χ2n) is 5.50. The smallest absolute Gasteiger partial charge is 0.000978 e. The predicted molar refractivity (Wildman–Crippen MR) is 64.8 cm³/mol. The van der Waals surface area contributed by atoms with Crippen molar-refractivity contribution in [1.29, 1.82) is 0 Å². The Morgan fingerprint density at radius 3 is 2.67 bits per heavy atom. The van der Waals surface area contributed by atoms with Gasteiger partial charge in [-0.2, -0.15) is 0 Å². The highest BCUT2D eigenvalue weighted by molar-refractivity contribution is 4.80. The number of rotatable bonds is 5. The summed E-state index contributed by atoms with van der Waals surface area (Å²) in [6.07, 6.45) is 9.87. The molecule has 0 aromatic carbocycles. The summed E-state index contributed by atoms with van der Waals surface area (Å²) < 4.78 is 0. The highest BCUT2D eigenvalue weighted by Crippen LogP contribution is 2.31. The number of nitrogens with zero attached hydrogens (tertiary/aromatic N) is 1. The first-order valence-electron chi connectivity index (χ1n) is 6.81. The molecule has 2 N–H and O–H groups in total. The van der Waals surface area contributed by atoms with Crippen LogP contribution in [0.2, 0.25) is 0 Å². The van der Waals surface area contributed by atoms with Crippen molar-refractivity contribution in [3.63, 3.8) is 0 Å². The van der Waals surface area contributed by atoms with Gasteiger partial charge in [0, 0.05) is 13.1 Å². The molecule has 0 radical (unpaired) electrons. The van der Waals surface area contributed by atoms with E-state index in [2.05, 4.69) is 4.90 Å². The Hall–Kier alpha value is -0.0800. The van der Waals surface area contributed by atoms with Gasteiger partial charge in [-0.05, 0) is 63.5 Å². The zero-order valence-electron chi connectivity index (χ0n) is 9.96. The van der Waals surface area contributed by atoms with E-state index in [9.17, 15) is 0 Å². The fourth-order valence-corrected chi connectivity index (χ4v) is 2.79. The molecular weight excluding hydrogens is 184 g/mol. The quantitative estimate of drug-likeness (QED) is 0.754. The van der Waals surface area contributed by atoms with Gasteiger partial charge in [-0.3, -0.25) is 0 Å². The lowest BCUT2D eigenvalue weighted by Gasteiger charge is -2.24. The van der Waals surface area contributed by atoms with Crippen LogP contribution in [0, 0.1) is 11.8 Å². The van der Waals surface area contributed by atoms with Crippen molar-refractivity contribution in [2.45, 2.75) is 44.9 Å². The van der Waals surface area contributed by atoms with E-state index in [-0.39, 0.29) is 0 Å². The lowest BCUT2D eigenvalue weighted by atomic mass is 9.98. The summed E-state index contributed by atoms with van der Waals surface area (Å²) in [6.45, 7) is 4.98. The molecule has 1 heterocycles. The molecular formula is C13H26N2. The monoisotopic (exact) mass is 210 g/mol. The third-order valence-corrected chi connectivity index (χ3v) is 3.88. The zero-order chi connectivity index (χ0) is 10.5. The molecule has 1 saturated carbocycles. The average Bonchev–Trinajstić information content (AvgIpc) is 3.04. The van der Waals surface area contributed by atoms with Crippen LogP contribution < -0.4 is 5.73 Å². The summed E-state index contributed by atoms with van der Waals surface area (Å²) in [6, 6.07) is 0. The van der Waals surface area contributed by atoms with Gasteiger partial charge in [0.15, 0.2) is 0 Å². The molecule has 0 aromatic rings. The van der Waals surface area contributed by atoms with E-state index in [4.69, 9.17) is 5.73 Å². The Labute approximate surface area is 94.2 Å². The third-order valence-electron chi connectivity index (χ3n) is 3.88. The SMILES string of the molecule is NCCCC1CCCCN(CC2CC2)C1. The van der Waals surface area contributed by atoms with Crippen molar-refractivity contribution in [3.8, 4) is 0 Å². The van der Waals surface area contributed by atoms with Gasteiger partial charge < -0.3 is 10.6 Å². The van der Waals surface area contributed by atoms with Gasteiger partial charge in [0.25, 0.3) is 0 Å². The molecule has 1 aliphatic heterocycles. The van der Waals surface area contributed by atoms with Crippen molar-refractivity contribution >= 4 is 0 Å². The molecule has 1 saturated heterocycles. The van der Waals surface area contributed by atoms with Crippen molar-refractivity contribution in [3.05, 3.63) is 0 Å². The summed E-state index contributed by atoms with van der Waals surface area (Å²) in [5, 5.41) is 0. The lowest BCUT2D eigenvalue weighted by Crippen LogP contribution is -2.30.